The molecule has 0 bridgehead atoms. The molecule has 1 aromatic heterocycles. The van der Waals surface area contributed by atoms with Gasteiger partial charge in [0.1, 0.15) is 6.04 Å². The van der Waals surface area contributed by atoms with Crippen molar-refractivity contribution >= 4 is 15.8 Å². The van der Waals surface area contributed by atoms with Gasteiger partial charge in [-0.1, -0.05) is 12.1 Å². The molecule has 1 aromatic carbocycles. The molecule has 0 aliphatic rings. The molecule has 130 valence electrons. The lowest BCUT2D eigenvalue weighted by Gasteiger charge is -2.14. The van der Waals surface area contributed by atoms with Gasteiger partial charge in [0.25, 0.3) is 9.84 Å². The number of alkyl halides is 3. The Morgan fingerprint density at radius 1 is 1.12 bits per heavy atom. The van der Waals surface area contributed by atoms with Crippen LogP contribution >= 0.6 is 0 Å². The molecular weight excluding hydrogens is 347 g/mol. The molecule has 5 nitrogen and oxygen atoms in total. The van der Waals surface area contributed by atoms with E-state index in [1.807, 2.05) is 0 Å². The summed E-state index contributed by atoms with van der Waals surface area (Å²) in [7, 11) is -5.37. The van der Waals surface area contributed by atoms with Gasteiger partial charge in [0.05, 0.1) is 4.90 Å². The number of hydrogen-bond donors (Lipinski definition) is 1. The van der Waals surface area contributed by atoms with E-state index in [4.69, 9.17) is 0 Å². The van der Waals surface area contributed by atoms with E-state index in [0.717, 1.165) is 12.1 Å². The molecule has 0 spiro atoms. The Kier molecular flexibility index (Phi) is 5.02. The predicted octanol–water partition coefficient (Wildman–Crippen LogP) is 3.04. The summed E-state index contributed by atoms with van der Waals surface area (Å²) in [6.07, 6.45) is 3.71. The molecule has 24 heavy (non-hydrogen) atoms. The Balaban J connectivity index is 2.11. The van der Waals surface area contributed by atoms with Gasteiger partial charge in [-0.25, -0.2) is 13.2 Å². The van der Waals surface area contributed by atoms with E-state index in [1.165, 1.54) is 16.7 Å². The van der Waals surface area contributed by atoms with Crippen molar-refractivity contribution in [3.63, 3.8) is 0 Å². The Morgan fingerprint density at radius 3 is 2.12 bits per heavy atom. The second-order valence-electron chi connectivity index (χ2n) is 5.12. The van der Waals surface area contributed by atoms with Crippen molar-refractivity contribution < 1.29 is 31.5 Å². The number of aromatic nitrogens is 1. The summed E-state index contributed by atoms with van der Waals surface area (Å²) in [5.41, 5.74) is -4.80. The summed E-state index contributed by atoms with van der Waals surface area (Å²) in [4.78, 5) is 10.5. The zero-order valence-electron chi connectivity index (χ0n) is 12.3. The fourth-order valence-electron chi connectivity index (χ4n) is 2.23. The molecule has 0 saturated carbocycles. The highest BCUT2D eigenvalue weighted by atomic mass is 32.2. The van der Waals surface area contributed by atoms with Crippen LogP contribution in [0.3, 0.4) is 0 Å². The van der Waals surface area contributed by atoms with Crippen LogP contribution in [-0.4, -0.2) is 29.6 Å². The van der Waals surface area contributed by atoms with Gasteiger partial charge in [0, 0.05) is 12.4 Å². The van der Waals surface area contributed by atoms with Crippen molar-refractivity contribution in [3.05, 3.63) is 54.4 Å². The molecule has 1 unspecified atom stereocenters. The lowest BCUT2D eigenvalue weighted by Crippen LogP contribution is -2.23. The Bertz CT molecular complexity index is 796. The number of halogens is 3. The second-order valence-corrected chi connectivity index (χ2v) is 7.06. The number of nitrogens with zero attached hydrogens (tertiary/aromatic N) is 1. The SMILES string of the molecule is O=C(O)C(CCc1ccc(S(=O)(=O)C(F)(F)F)cc1)n1cccc1. The Hall–Kier alpha value is -2.29. The van der Waals surface area contributed by atoms with Crippen LogP contribution in [0.5, 0.6) is 0 Å². The van der Waals surface area contributed by atoms with Gasteiger partial charge in [-0.15, -0.1) is 0 Å². The van der Waals surface area contributed by atoms with E-state index in [-0.39, 0.29) is 12.8 Å². The summed E-state index contributed by atoms with van der Waals surface area (Å²) >= 11 is 0. The number of carbonyl (C=O) groups is 1. The molecule has 0 amide bonds. The van der Waals surface area contributed by atoms with Crippen LogP contribution in [-0.2, 0) is 21.1 Å². The van der Waals surface area contributed by atoms with Crippen molar-refractivity contribution in [3.8, 4) is 0 Å². The fraction of sp³-hybridized carbons (Fsp3) is 0.267. The summed E-state index contributed by atoms with van der Waals surface area (Å²) in [6, 6.07) is 6.84. The number of carboxylic acids is 1. The first-order chi connectivity index (χ1) is 11.1. The maximum Gasteiger partial charge on any atom is 0.501 e. The number of sulfone groups is 1. The quantitative estimate of drug-likeness (QED) is 0.858. The minimum Gasteiger partial charge on any atom is -0.480 e. The first-order valence-electron chi connectivity index (χ1n) is 6.88. The second kappa shape index (κ2) is 6.68. The number of carboxylic acid groups (broad SMARTS) is 1. The van der Waals surface area contributed by atoms with Crippen LogP contribution in [0.4, 0.5) is 13.2 Å². The minimum atomic E-state index is -5.37. The van der Waals surface area contributed by atoms with Crippen molar-refractivity contribution in [2.45, 2.75) is 29.3 Å². The summed E-state index contributed by atoms with van der Waals surface area (Å²) in [6.45, 7) is 0. The van der Waals surface area contributed by atoms with Crippen LogP contribution in [0.25, 0.3) is 0 Å². The first-order valence-corrected chi connectivity index (χ1v) is 8.37. The average molecular weight is 361 g/mol. The lowest BCUT2D eigenvalue weighted by molar-refractivity contribution is -0.141. The largest absolute Gasteiger partial charge is 0.501 e. The minimum absolute atomic E-state index is 0.218. The molecule has 0 radical (unpaired) electrons. The van der Waals surface area contributed by atoms with Crippen LogP contribution < -0.4 is 0 Å². The average Bonchev–Trinajstić information content (AvgIpc) is 3.00. The number of hydrogen-bond acceptors (Lipinski definition) is 3. The standard InChI is InChI=1S/C15H14F3NO4S/c16-15(17,18)24(22,23)12-6-3-11(4-7-12)5-8-13(14(20)21)19-9-1-2-10-19/h1-4,6-7,9-10,13H,5,8H2,(H,20,21). The van der Waals surface area contributed by atoms with Gasteiger partial charge in [0.15, 0.2) is 0 Å². The van der Waals surface area contributed by atoms with Gasteiger partial charge < -0.3 is 9.67 Å². The van der Waals surface area contributed by atoms with Crippen molar-refractivity contribution in [2.75, 3.05) is 0 Å². The topological polar surface area (TPSA) is 76.4 Å². The third-order valence-electron chi connectivity index (χ3n) is 3.52. The van der Waals surface area contributed by atoms with E-state index in [1.54, 1.807) is 24.5 Å². The van der Waals surface area contributed by atoms with Crippen LogP contribution in [0.2, 0.25) is 0 Å². The van der Waals surface area contributed by atoms with E-state index in [2.05, 4.69) is 0 Å². The predicted molar refractivity (Wildman–Crippen MR) is 79.1 cm³/mol. The van der Waals surface area contributed by atoms with E-state index in [0.29, 0.717) is 5.56 Å². The smallest absolute Gasteiger partial charge is 0.480 e. The van der Waals surface area contributed by atoms with Crippen molar-refractivity contribution in [2.24, 2.45) is 0 Å². The Morgan fingerprint density at radius 2 is 1.67 bits per heavy atom. The summed E-state index contributed by atoms with van der Waals surface area (Å²) in [5.74, 6) is -1.03. The number of rotatable bonds is 6. The number of aliphatic carboxylic acids is 1. The third-order valence-corrected chi connectivity index (χ3v) is 5.02. The van der Waals surface area contributed by atoms with Gasteiger partial charge in [0.2, 0.25) is 0 Å². The highest BCUT2D eigenvalue weighted by Gasteiger charge is 2.46. The number of aryl methyl sites for hydroxylation is 1. The van der Waals surface area contributed by atoms with Gasteiger partial charge in [-0.2, -0.15) is 13.2 Å². The van der Waals surface area contributed by atoms with Crippen LogP contribution in [0, 0.1) is 0 Å². The first kappa shape index (κ1) is 18.1. The highest BCUT2D eigenvalue weighted by molar-refractivity contribution is 7.92. The van der Waals surface area contributed by atoms with Gasteiger partial charge in [-0.3, -0.25) is 0 Å². The van der Waals surface area contributed by atoms with Crippen molar-refractivity contribution in [1.29, 1.82) is 0 Å². The van der Waals surface area contributed by atoms with E-state index < -0.39 is 32.3 Å². The molecular formula is C15H14F3NO4S. The maximum absolute atomic E-state index is 12.5. The van der Waals surface area contributed by atoms with E-state index in [9.17, 15) is 31.5 Å². The van der Waals surface area contributed by atoms with Gasteiger partial charge >= 0.3 is 11.5 Å². The molecule has 0 saturated heterocycles. The summed E-state index contributed by atoms with van der Waals surface area (Å²) in [5, 5.41) is 9.24. The highest BCUT2D eigenvalue weighted by Crippen LogP contribution is 2.30. The van der Waals surface area contributed by atoms with Crippen molar-refractivity contribution in [1.82, 2.24) is 4.57 Å². The molecule has 1 heterocycles. The maximum atomic E-state index is 12.5. The molecule has 0 fully saturated rings. The molecule has 0 aliphatic heterocycles. The Labute approximate surface area is 136 Å². The van der Waals surface area contributed by atoms with Gasteiger partial charge in [-0.05, 0) is 42.7 Å². The molecule has 2 rings (SSSR count). The fourth-order valence-corrected chi connectivity index (χ4v) is 2.99. The van der Waals surface area contributed by atoms with E-state index >= 15 is 0 Å². The molecule has 9 heteroatoms. The van der Waals surface area contributed by atoms with Crippen LogP contribution in [0.15, 0.2) is 53.7 Å². The lowest BCUT2D eigenvalue weighted by atomic mass is 10.1. The summed E-state index contributed by atoms with van der Waals surface area (Å²) < 4.78 is 61.4. The zero-order chi connectivity index (χ0) is 18.0. The number of benzene rings is 1. The monoisotopic (exact) mass is 361 g/mol. The molecule has 1 atom stereocenters. The molecule has 2 aromatic rings. The van der Waals surface area contributed by atoms with Crippen LogP contribution in [0.1, 0.15) is 18.0 Å². The molecule has 1 N–H and O–H groups in total. The normalized spacial score (nSPS) is 13.6. The molecule has 0 aliphatic carbocycles. The third kappa shape index (κ3) is 3.78. The zero-order valence-corrected chi connectivity index (χ0v) is 13.1.